The predicted molar refractivity (Wildman–Crippen MR) is 174 cm³/mol. The van der Waals surface area contributed by atoms with E-state index in [-0.39, 0.29) is 29.1 Å². The molecule has 0 aliphatic rings. The topological polar surface area (TPSA) is 86.8 Å². The first-order valence-electron chi connectivity index (χ1n) is 14.4. The van der Waals surface area contributed by atoms with Gasteiger partial charge in [0.15, 0.2) is 0 Å². The average molecular weight is 681 g/mol. The second kappa shape index (κ2) is 15.6. The molecule has 0 aliphatic carbocycles. The van der Waals surface area contributed by atoms with Gasteiger partial charge in [0.1, 0.15) is 18.4 Å². The number of rotatable bonds is 14. The highest BCUT2D eigenvalue weighted by Crippen LogP contribution is 2.26. The molecule has 0 saturated heterocycles. The Morgan fingerprint density at radius 2 is 1.48 bits per heavy atom. The molecule has 0 unspecified atom stereocenters. The van der Waals surface area contributed by atoms with Crippen LogP contribution in [0.3, 0.4) is 0 Å². The quantitative estimate of drug-likeness (QED) is 0.158. The molecule has 0 aliphatic heterocycles. The Balaban J connectivity index is 1.78. The Morgan fingerprint density at radius 3 is 2.11 bits per heavy atom. The van der Waals surface area contributed by atoms with Gasteiger partial charge in [0.25, 0.3) is 10.0 Å². The molecule has 230 valence electrons. The molecule has 1 atom stereocenters. The summed E-state index contributed by atoms with van der Waals surface area (Å²) in [5.74, 6) is -1.58. The van der Waals surface area contributed by atoms with Crippen molar-refractivity contribution in [2.75, 3.05) is 17.4 Å². The van der Waals surface area contributed by atoms with Crippen LogP contribution in [0.5, 0.6) is 0 Å². The van der Waals surface area contributed by atoms with Crippen molar-refractivity contribution in [3.63, 3.8) is 0 Å². The minimum Gasteiger partial charge on any atom is -0.354 e. The fourth-order valence-electron chi connectivity index (χ4n) is 4.73. The number of halogens is 2. The zero-order chi connectivity index (χ0) is 31.5. The van der Waals surface area contributed by atoms with E-state index in [4.69, 9.17) is 0 Å². The third-order valence-electron chi connectivity index (χ3n) is 7.12. The SMILES string of the molecule is CCCCNC(=O)[C@@H](Cc1ccccc1)N(Cc1ccccc1F)C(=O)CN(c1ccc(Br)cc1)S(=O)(=O)c1ccccc1. The molecule has 0 fully saturated rings. The van der Waals surface area contributed by atoms with E-state index >= 15 is 0 Å². The zero-order valence-corrected chi connectivity index (χ0v) is 26.8. The third-order valence-corrected chi connectivity index (χ3v) is 9.44. The Morgan fingerprint density at radius 1 is 0.864 bits per heavy atom. The van der Waals surface area contributed by atoms with Crippen molar-refractivity contribution >= 4 is 43.5 Å². The molecular weight excluding hydrogens is 645 g/mol. The second-order valence-electron chi connectivity index (χ2n) is 10.3. The van der Waals surface area contributed by atoms with E-state index < -0.39 is 40.2 Å². The van der Waals surface area contributed by atoms with Crippen molar-refractivity contribution < 1.29 is 22.4 Å². The van der Waals surface area contributed by atoms with Crippen molar-refractivity contribution in [1.29, 1.82) is 0 Å². The van der Waals surface area contributed by atoms with Crippen molar-refractivity contribution in [2.45, 2.75) is 43.7 Å². The molecule has 7 nitrogen and oxygen atoms in total. The van der Waals surface area contributed by atoms with E-state index in [0.717, 1.165) is 27.2 Å². The van der Waals surface area contributed by atoms with Crippen LogP contribution >= 0.6 is 15.9 Å². The van der Waals surface area contributed by atoms with Gasteiger partial charge in [-0.1, -0.05) is 96.0 Å². The van der Waals surface area contributed by atoms with Crippen LogP contribution in [0.4, 0.5) is 10.1 Å². The number of carbonyl (C=O) groups is 2. The molecule has 0 bridgehead atoms. The van der Waals surface area contributed by atoms with Crippen molar-refractivity contribution in [3.8, 4) is 0 Å². The van der Waals surface area contributed by atoms with Gasteiger partial charge < -0.3 is 10.2 Å². The highest BCUT2D eigenvalue weighted by Gasteiger charge is 2.34. The molecule has 0 heterocycles. The number of unbranched alkanes of at least 4 members (excludes halogenated alkanes) is 1. The highest BCUT2D eigenvalue weighted by atomic mass is 79.9. The van der Waals surface area contributed by atoms with Gasteiger partial charge in [-0.3, -0.25) is 13.9 Å². The summed E-state index contributed by atoms with van der Waals surface area (Å²) < 4.78 is 44.7. The van der Waals surface area contributed by atoms with E-state index in [1.54, 1.807) is 60.7 Å². The molecule has 44 heavy (non-hydrogen) atoms. The van der Waals surface area contributed by atoms with Crippen molar-refractivity contribution in [1.82, 2.24) is 10.2 Å². The summed E-state index contributed by atoms with van der Waals surface area (Å²) in [6, 6.07) is 28.6. The molecule has 0 radical (unpaired) electrons. The van der Waals surface area contributed by atoms with E-state index in [1.165, 1.54) is 23.1 Å². The number of amides is 2. The lowest BCUT2D eigenvalue weighted by atomic mass is 10.0. The number of benzene rings is 4. The van der Waals surface area contributed by atoms with Crippen LogP contribution in [-0.2, 0) is 32.6 Å². The molecule has 10 heteroatoms. The van der Waals surface area contributed by atoms with Gasteiger partial charge in [0, 0.05) is 29.5 Å². The fourth-order valence-corrected chi connectivity index (χ4v) is 6.43. The van der Waals surface area contributed by atoms with Gasteiger partial charge in [0.05, 0.1) is 10.6 Å². The van der Waals surface area contributed by atoms with Gasteiger partial charge in [-0.25, -0.2) is 12.8 Å². The number of hydrogen-bond acceptors (Lipinski definition) is 4. The maximum Gasteiger partial charge on any atom is 0.264 e. The summed E-state index contributed by atoms with van der Waals surface area (Å²) in [5, 5.41) is 2.92. The Labute approximate surface area is 266 Å². The lowest BCUT2D eigenvalue weighted by molar-refractivity contribution is -0.140. The number of hydrogen-bond donors (Lipinski definition) is 1. The summed E-state index contributed by atoms with van der Waals surface area (Å²) in [6.07, 6.45) is 1.77. The monoisotopic (exact) mass is 679 g/mol. The van der Waals surface area contributed by atoms with E-state index in [9.17, 15) is 22.4 Å². The van der Waals surface area contributed by atoms with Crippen LogP contribution in [0.1, 0.15) is 30.9 Å². The summed E-state index contributed by atoms with van der Waals surface area (Å²) in [7, 11) is -4.20. The van der Waals surface area contributed by atoms with Gasteiger partial charge >= 0.3 is 0 Å². The number of nitrogens with zero attached hydrogens (tertiary/aromatic N) is 2. The number of sulfonamides is 1. The first kappa shape index (κ1) is 32.9. The number of carbonyl (C=O) groups excluding carboxylic acids is 2. The Bertz CT molecular complexity index is 1640. The fraction of sp³-hybridized carbons (Fsp3) is 0.235. The maximum atomic E-state index is 15.0. The minimum atomic E-state index is -4.20. The average Bonchev–Trinajstić information content (AvgIpc) is 3.03. The van der Waals surface area contributed by atoms with E-state index in [2.05, 4.69) is 21.2 Å². The molecule has 0 aromatic heterocycles. The third kappa shape index (κ3) is 8.54. The first-order chi connectivity index (χ1) is 21.2. The van der Waals surface area contributed by atoms with Crippen LogP contribution < -0.4 is 9.62 Å². The van der Waals surface area contributed by atoms with Crippen LogP contribution in [0.25, 0.3) is 0 Å². The zero-order valence-electron chi connectivity index (χ0n) is 24.4. The van der Waals surface area contributed by atoms with Crippen molar-refractivity contribution in [3.05, 3.63) is 131 Å². The van der Waals surface area contributed by atoms with E-state index in [1.807, 2.05) is 37.3 Å². The first-order valence-corrected chi connectivity index (χ1v) is 16.6. The minimum absolute atomic E-state index is 0.00881. The molecule has 4 rings (SSSR count). The van der Waals surface area contributed by atoms with Gasteiger partial charge in [-0.15, -0.1) is 0 Å². The van der Waals surface area contributed by atoms with Gasteiger partial charge in [0.2, 0.25) is 11.8 Å². The van der Waals surface area contributed by atoms with Crippen molar-refractivity contribution in [2.24, 2.45) is 0 Å². The lowest BCUT2D eigenvalue weighted by Crippen LogP contribution is -2.53. The Hall–Kier alpha value is -4.02. The normalized spacial score (nSPS) is 11.9. The van der Waals surface area contributed by atoms with Crippen LogP contribution in [0, 0.1) is 5.82 Å². The molecule has 4 aromatic carbocycles. The van der Waals surface area contributed by atoms with Gasteiger partial charge in [-0.2, -0.15) is 0 Å². The Kier molecular flexibility index (Phi) is 11.7. The van der Waals surface area contributed by atoms with Crippen LogP contribution in [0.2, 0.25) is 0 Å². The number of anilines is 1. The molecule has 1 N–H and O–H groups in total. The van der Waals surface area contributed by atoms with E-state index in [0.29, 0.717) is 6.54 Å². The number of nitrogens with one attached hydrogen (secondary N) is 1. The van der Waals surface area contributed by atoms with Gasteiger partial charge in [-0.05, 0) is 54.4 Å². The van der Waals surface area contributed by atoms with Crippen LogP contribution in [0.15, 0.2) is 119 Å². The molecule has 0 spiro atoms. The predicted octanol–water partition coefficient (Wildman–Crippen LogP) is 6.34. The summed E-state index contributed by atoms with van der Waals surface area (Å²) in [5.41, 5.74) is 1.28. The second-order valence-corrected chi connectivity index (χ2v) is 13.0. The molecule has 2 amide bonds. The summed E-state index contributed by atoms with van der Waals surface area (Å²) in [4.78, 5) is 29.4. The molecular formula is C34H35BrFN3O4S. The summed E-state index contributed by atoms with van der Waals surface area (Å²) in [6.45, 7) is 1.58. The largest absolute Gasteiger partial charge is 0.354 e. The smallest absolute Gasteiger partial charge is 0.264 e. The lowest BCUT2D eigenvalue weighted by Gasteiger charge is -2.34. The maximum absolute atomic E-state index is 15.0. The van der Waals surface area contributed by atoms with Crippen LogP contribution in [-0.4, -0.2) is 44.3 Å². The standard InChI is InChI=1S/C34H35BrFN3O4S/c1-2-3-22-37-34(41)32(23-26-12-6-4-7-13-26)38(24-27-14-10-11-17-31(27)36)33(40)25-39(29-20-18-28(35)19-21-29)44(42,43)30-15-8-5-9-16-30/h4-21,32H,2-3,22-25H2,1H3,(H,37,41)/t32-/m1/s1. The summed E-state index contributed by atoms with van der Waals surface area (Å²) >= 11 is 3.38. The molecule has 4 aromatic rings. The molecule has 0 saturated carbocycles. The highest BCUT2D eigenvalue weighted by molar-refractivity contribution is 9.10.